The van der Waals surface area contributed by atoms with Crippen LogP contribution in [0.2, 0.25) is 0 Å². The number of imidazole rings is 1. The van der Waals surface area contributed by atoms with E-state index in [4.69, 9.17) is 0 Å². The van der Waals surface area contributed by atoms with E-state index in [2.05, 4.69) is 9.71 Å². The molecule has 8 heteroatoms. The molecule has 0 saturated carbocycles. The van der Waals surface area contributed by atoms with Gasteiger partial charge in [-0.25, -0.2) is 17.8 Å². The zero-order chi connectivity index (χ0) is 16.4. The van der Waals surface area contributed by atoms with Gasteiger partial charge in [0.1, 0.15) is 21.9 Å². The first-order valence-corrected chi connectivity index (χ1v) is 9.12. The number of hydrogen-bond donors (Lipinski definition) is 1. The van der Waals surface area contributed by atoms with Crippen molar-refractivity contribution in [1.82, 2.24) is 14.3 Å². The van der Waals surface area contributed by atoms with Gasteiger partial charge < -0.3 is 4.57 Å². The summed E-state index contributed by atoms with van der Waals surface area (Å²) in [6.45, 7) is 0. The fraction of sp³-hybridized carbons (Fsp3) is 0.133. The van der Waals surface area contributed by atoms with Crippen LogP contribution >= 0.6 is 11.3 Å². The average molecular weight is 351 g/mol. The van der Waals surface area contributed by atoms with Crippen LogP contribution in [0.5, 0.6) is 0 Å². The Kier molecular flexibility index (Phi) is 4.29. The Morgan fingerprint density at radius 3 is 2.57 bits per heavy atom. The first-order valence-electron chi connectivity index (χ1n) is 6.76. The molecule has 0 aliphatic carbocycles. The van der Waals surface area contributed by atoms with Crippen molar-refractivity contribution in [1.29, 1.82) is 0 Å². The van der Waals surface area contributed by atoms with Crippen molar-refractivity contribution in [2.75, 3.05) is 0 Å². The van der Waals surface area contributed by atoms with E-state index >= 15 is 0 Å². The van der Waals surface area contributed by atoms with Crippen molar-refractivity contribution in [2.24, 2.45) is 7.05 Å². The van der Waals surface area contributed by atoms with Gasteiger partial charge in [0.25, 0.3) is 10.0 Å². The van der Waals surface area contributed by atoms with Crippen molar-refractivity contribution in [3.63, 3.8) is 0 Å². The summed E-state index contributed by atoms with van der Waals surface area (Å²) >= 11 is 1.13. The maximum absolute atomic E-state index is 13.2. The van der Waals surface area contributed by atoms with Crippen LogP contribution in [0.1, 0.15) is 17.4 Å². The molecular formula is C15H14FN3O2S2. The highest BCUT2D eigenvalue weighted by Gasteiger charge is 2.26. The molecule has 2 heterocycles. The molecule has 0 saturated heterocycles. The van der Waals surface area contributed by atoms with Crippen LogP contribution in [0, 0.1) is 5.82 Å². The molecule has 1 unspecified atom stereocenters. The number of aryl methyl sites for hydroxylation is 1. The number of sulfonamides is 1. The lowest BCUT2D eigenvalue weighted by molar-refractivity contribution is 0.564. The largest absolute Gasteiger partial charge is 0.336 e. The molecule has 0 aliphatic rings. The van der Waals surface area contributed by atoms with Gasteiger partial charge in [0.2, 0.25) is 0 Å². The predicted octanol–water partition coefficient (Wildman–Crippen LogP) is 2.69. The maximum Gasteiger partial charge on any atom is 0.251 e. The summed E-state index contributed by atoms with van der Waals surface area (Å²) < 4.78 is 42.9. The van der Waals surface area contributed by atoms with E-state index in [-0.39, 0.29) is 10.0 Å². The summed E-state index contributed by atoms with van der Waals surface area (Å²) in [6, 6.07) is 8.19. The topological polar surface area (TPSA) is 64.0 Å². The number of hydrogen-bond acceptors (Lipinski definition) is 4. The highest BCUT2D eigenvalue weighted by Crippen LogP contribution is 2.25. The lowest BCUT2D eigenvalue weighted by Crippen LogP contribution is -2.30. The standard InChI is InChI=1S/C15H14FN3O2S2/c1-19-9-8-17-15(19)14(11-4-6-12(16)7-5-11)18-23(20,21)13-3-2-10-22-13/h2-10,14,18H,1H3. The van der Waals surface area contributed by atoms with Crippen LogP contribution in [-0.2, 0) is 17.1 Å². The SMILES string of the molecule is Cn1ccnc1C(NS(=O)(=O)c1cccs1)c1ccc(F)cc1. The lowest BCUT2D eigenvalue weighted by atomic mass is 10.1. The molecule has 3 rings (SSSR count). The van der Waals surface area contributed by atoms with Crippen molar-refractivity contribution < 1.29 is 12.8 Å². The molecule has 1 atom stereocenters. The molecule has 3 aromatic rings. The monoisotopic (exact) mass is 351 g/mol. The van der Waals surface area contributed by atoms with Gasteiger partial charge in [-0.1, -0.05) is 18.2 Å². The van der Waals surface area contributed by atoms with Gasteiger partial charge in [0, 0.05) is 19.4 Å². The Hall–Kier alpha value is -2.03. The molecule has 0 bridgehead atoms. The third-order valence-corrected chi connectivity index (χ3v) is 6.17. The fourth-order valence-electron chi connectivity index (χ4n) is 2.21. The molecule has 1 N–H and O–H groups in total. The van der Waals surface area contributed by atoms with Crippen LogP contribution in [-0.4, -0.2) is 18.0 Å². The van der Waals surface area contributed by atoms with Crippen LogP contribution in [0.15, 0.2) is 58.4 Å². The molecule has 0 fully saturated rings. The summed E-state index contributed by atoms with van der Waals surface area (Å²) in [7, 11) is -1.92. The molecule has 120 valence electrons. The van der Waals surface area contributed by atoms with E-state index in [1.165, 1.54) is 18.2 Å². The van der Waals surface area contributed by atoms with Crippen molar-refractivity contribution in [2.45, 2.75) is 10.3 Å². The fourth-order valence-corrected chi connectivity index (χ4v) is 4.40. The molecule has 5 nitrogen and oxygen atoms in total. The Labute approximate surface area is 137 Å². The predicted molar refractivity (Wildman–Crippen MR) is 86.1 cm³/mol. The zero-order valence-electron chi connectivity index (χ0n) is 12.2. The minimum Gasteiger partial charge on any atom is -0.336 e. The second kappa shape index (κ2) is 6.23. The maximum atomic E-state index is 13.2. The van der Waals surface area contributed by atoms with E-state index in [0.29, 0.717) is 11.4 Å². The average Bonchev–Trinajstić information content (AvgIpc) is 3.17. The minimum absolute atomic E-state index is 0.221. The first-order chi connectivity index (χ1) is 11.0. The smallest absolute Gasteiger partial charge is 0.251 e. The van der Waals surface area contributed by atoms with Gasteiger partial charge in [-0.3, -0.25) is 0 Å². The van der Waals surface area contributed by atoms with E-state index in [0.717, 1.165) is 11.3 Å². The van der Waals surface area contributed by atoms with Gasteiger partial charge in [0.15, 0.2) is 0 Å². The zero-order valence-corrected chi connectivity index (χ0v) is 13.8. The van der Waals surface area contributed by atoms with Gasteiger partial charge in [-0.2, -0.15) is 4.72 Å². The molecule has 0 spiro atoms. The van der Waals surface area contributed by atoms with Crippen LogP contribution in [0.25, 0.3) is 0 Å². The Morgan fingerprint density at radius 1 is 1.26 bits per heavy atom. The van der Waals surface area contributed by atoms with Gasteiger partial charge in [0.05, 0.1) is 0 Å². The van der Waals surface area contributed by atoms with Crippen molar-refractivity contribution >= 4 is 21.4 Å². The lowest BCUT2D eigenvalue weighted by Gasteiger charge is -2.18. The van der Waals surface area contributed by atoms with Gasteiger partial charge in [-0.15, -0.1) is 11.3 Å². The molecular weight excluding hydrogens is 337 g/mol. The minimum atomic E-state index is -3.70. The Morgan fingerprint density at radius 2 is 2.00 bits per heavy atom. The second-order valence-corrected chi connectivity index (χ2v) is 7.82. The summed E-state index contributed by atoms with van der Waals surface area (Å²) in [5, 5.41) is 1.70. The number of nitrogens with zero attached hydrogens (tertiary/aromatic N) is 2. The molecule has 0 aliphatic heterocycles. The third-order valence-electron chi connectivity index (χ3n) is 3.35. The number of aromatic nitrogens is 2. The quantitative estimate of drug-likeness (QED) is 0.769. The molecule has 1 aromatic carbocycles. The second-order valence-electron chi connectivity index (χ2n) is 4.93. The molecule has 0 radical (unpaired) electrons. The van der Waals surface area contributed by atoms with Gasteiger partial charge in [-0.05, 0) is 29.1 Å². The first kappa shape index (κ1) is 15.9. The number of nitrogens with one attached hydrogen (secondary N) is 1. The number of benzene rings is 1. The number of halogens is 1. The normalized spacial score (nSPS) is 13.1. The summed E-state index contributed by atoms with van der Waals surface area (Å²) in [5.74, 6) is 0.144. The number of rotatable bonds is 5. The van der Waals surface area contributed by atoms with Gasteiger partial charge >= 0.3 is 0 Å². The van der Waals surface area contributed by atoms with E-state index < -0.39 is 16.1 Å². The van der Waals surface area contributed by atoms with Crippen molar-refractivity contribution in [3.05, 3.63) is 71.4 Å². The van der Waals surface area contributed by atoms with Crippen molar-refractivity contribution in [3.8, 4) is 0 Å². The summed E-state index contributed by atoms with van der Waals surface area (Å²) in [6.07, 6.45) is 3.32. The molecule has 2 aromatic heterocycles. The Bertz CT molecular complexity index is 887. The molecule has 23 heavy (non-hydrogen) atoms. The Balaban J connectivity index is 2.03. The van der Waals surface area contributed by atoms with Crippen LogP contribution < -0.4 is 4.72 Å². The van der Waals surface area contributed by atoms with E-state index in [1.54, 1.807) is 47.6 Å². The highest BCUT2D eigenvalue weighted by atomic mass is 32.2. The highest BCUT2D eigenvalue weighted by molar-refractivity contribution is 7.91. The van der Waals surface area contributed by atoms with E-state index in [9.17, 15) is 12.8 Å². The van der Waals surface area contributed by atoms with Crippen LogP contribution in [0.3, 0.4) is 0 Å². The third kappa shape index (κ3) is 3.34. The molecule has 0 amide bonds. The van der Waals surface area contributed by atoms with Crippen LogP contribution in [0.4, 0.5) is 4.39 Å². The summed E-state index contributed by atoms with van der Waals surface area (Å²) in [4.78, 5) is 4.23. The summed E-state index contributed by atoms with van der Waals surface area (Å²) in [5.41, 5.74) is 0.612. The van der Waals surface area contributed by atoms with E-state index in [1.807, 2.05) is 0 Å². The number of thiophene rings is 1.